The molecule has 2 unspecified atom stereocenters. The van der Waals surface area contributed by atoms with Crippen LogP contribution in [0.5, 0.6) is 0 Å². The zero-order valence-electron chi connectivity index (χ0n) is 11.8. The summed E-state index contributed by atoms with van der Waals surface area (Å²) in [6.07, 6.45) is 2.64. The summed E-state index contributed by atoms with van der Waals surface area (Å²) in [7, 11) is 0. The fraction of sp³-hybridized carbons (Fsp3) is 0.400. The number of thioether (sulfide) groups is 1. The van der Waals surface area contributed by atoms with Gasteiger partial charge in [-0.3, -0.25) is 9.78 Å². The maximum absolute atomic E-state index is 12.1. The van der Waals surface area contributed by atoms with E-state index in [1.54, 1.807) is 6.20 Å². The first-order valence-corrected chi connectivity index (χ1v) is 8.05. The Bertz CT molecular complexity index is 632. The Kier molecular flexibility index (Phi) is 4.17. The second kappa shape index (κ2) is 6.10. The molecule has 0 saturated carbocycles. The Labute approximate surface area is 131 Å². The maximum Gasteiger partial charge on any atom is 0.353 e. The van der Waals surface area contributed by atoms with Gasteiger partial charge in [0.2, 0.25) is 5.91 Å². The molecule has 1 aromatic rings. The molecule has 7 heteroatoms. The van der Waals surface area contributed by atoms with Gasteiger partial charge in [-0.25, -0.2) is 4.79 Å². The smallest absolute Gasteiger partial charge is 0.353 e. The minimum absolute atomic E-state index is 0.0560. The molecule has 116 valence electrons. The molecule has 0 bridgehead atoms. The molecule has 2 atom stereocenters. The molecule has 1 fully saturated rings. The molecule has 2 aliphatic heterocycles. The van der Waals surface area contributed by atoms with Gasteiger partial charge in [0.25, 0.3) is 0 Å². The Morgan fingerprint density at radius 2 is 2.27 bits per heavy atom. The van der Waals surface area contributed by atoms with Crippen LogP contribution in [0.3, 0.4) is 0 Å². The number of hydrogen-bond acceptors (Lipinski definition) is 5. The number of hydrogen-bond donors (Lipinski definition) is 2. The standard InChI is InChI=1S/C15H16N2O4S/c18-6-4-10-11-7-12(13(15(20)21)17(11)14(10)19)22-8-9-3-1-2-5-16-9/h1-3,5,10-11,18H,4,6-8H2,(H,20,21). The molecule has 0 aromatic carbocycles. The molecule has 0 aliphatic carbocycles. The number of aliphatic hydroxyl groups excluding tert-OH is 1. The summed E-state index contributed by atoms with van der Waals surface area (Å²) in [5.41, 5.74) is 0.974. The van der Waals surface area contributed by atoms with Gasteiger partial charge in [0.1, 0.15) is 5.70 Å². The van der Waals surface area contributed by atoms with Crippen LogP contribution in [0, 0.1) is 5.92 Å². The minimum Gasteiger partial charge on any atom is -0.477 e. The van der Waals surface area contributed by atoms with Gasteiger partial charge < -0.3 is 15.1 Å². The van der Waals surface area contributed by atoms with Gasteiger partial charge in [-0.1, -0.05) is 6.07 Å². The number of rotatable bonds is 6. The van der Waals surface area contributed by atoms with Crippen LogP contribution in [0.25, 0.3) is 0 Å². The van der Waals surface area contributed by atoms with E-state index in [4.69, 9.17) is 5.11 Å². The SMILES string of the molecule is O=C(O)C1=C(SCc2ccccn2)CC2C(CCO)C(=O)N12. The average Bonchev–Trinajstić information content (AvgIpc) is 2.87. The van der Waals surface area contributed by atoms with E-state index in [9.17, 15) is 14.7 Å². The third-order valence-electron chi connectivity index (χ3n) is 4.01. The summed E-state index contributed by atoms with van der Waals surface area (Å²) in [6.45, 7) is -0.0560. The van der Waals surface area contributed by atoms with E-state index in [0.29, 0.717) is 18.6 Å². The van der Waals surface area contributed by atoms with Crippen molar-refractivity contribution in [2.45, 2.75) is 24.6 Å². The van der Waals surface area contributed by atoms with E-state index in [-0.39, 0.29) is 30.2 Å². The van der Waals surface area contributed by atoms with Crippen LogP contribution in [-0.2, 0) is 15.3 Å². The number of amides is 1. The van der Waals surface area contributed by atoms with Crippen molar-refractivity contribution in [3.63, 3.8) is 0 Å². The number of carboxylic acid groups (broad SMARTS) is 1. The van der Waals surface area contributed by atoms with Gasteiger partial charge in [-0.05, 0) is 18.6 Å². The van der Waals surface area contributed by atoms with E-state index < -0.39 is 5.97 Å². The Morgan fingerprint density at radius 3 is 2.91 bits per heavy atom. The quantitative estimate of drug-likeness (QED) is 0.766. The van der Waals surface area contributed by atoms with Crippen molar-refractivity contribution in [3.8, 4) is 0 Å². The van der Waals surface area contributed by atoms with Crippen LogP contribution in [0.4, 0.5) is 0 Å². The second-order valence-corrected chi connectivity index (χ2v) is 6.36. The lowest BCUT2D eigenvalue weighted by atomic mass is 9.85. The van der Waals surface area contributed by atoms with Crippen molar-refractivity contribution in [2.24, 2.45) is 5.92 Å². The molecule has 0 spiro atoms. The molecule has 1 saturated heterocycles. The zero-order chi connectivity index (χ0) is 15.7. The van der Waals surface area contributed by atoms with E-state index in [1.165, 1.54) is 16.7 Å². The average molecular weight is 320 g/mol. The van der Waals surface area contributed by atoms with Crippen molar-refractivity contribution >= 4 is 23.6 Å². The highest BCUT2D eigenvalue weighted by atomic mass is 32.2. The molecule has 3 rings (SSSR count). The first-order valence-electron chi connectivity index (χ1n) is 7.06. The van der Waals surface area contributed by atoms with Gasteiger partial charge in [-0.15, -0.1) is 11.8 Å². The van der Waals surface area contributed by atoms with E-state index in [0.717, 1.165) is 10.6 Å². The number of carboxylic acids is 1. The van der Waals surface area contributed by atoms with Crippen molar-refractivity contribution in [1.29, 1.82) is 0 Å². The van der Waals surface area contributed by atoms with Gasteiger partial charge in [0, 0.05) is 29.9 Å². The molecule has 0 radical (unpaired) electrons. The lowest BCUT2D eigenvalue weighted by molar-refractivity contribution is -0.155. The predicted octanol–water partition coefficient (Wildman–Crippen LogP) is 1.22. The van der Waals surface area contributed by atoms with Crippen molar-refractivity contribution in [2.75, 3.05) is 6.61 Å². The molecule has 22 heavy (non-hydrogen) atoms. The third-order valence-corrected chi connectivity index (χ3v) is 5.16. The molecular formula is C15H16N2O4S. The highest BCUT2D eigenvalue weighted by Gasteiger charge is 2.54. The molecule has 1 amide bonds. The number of pyridine rings is 1. The van der Waals surface area contributed by atoms with E-state index in [1.807, 2.05) is 18.2 Å². The highest BCUT2D eigenvalue weighted by molar-refractivity contribution is 8.02. The Balaban J connectivity index is 1.75. The van der Waals surface area contributed by atoms with Crippen LogP contribution in [0.15, 0.2) is 35.0 Å². The Hall–Kier alpha value is -1.86. The lowest BCUT2D eigenvalue weighted by Crippen LogP contribution is -2.58. The van der Waals surface area contributed by atoms with Crippen LogP contribution in [0.1, 0.15) is 18.5 Å². The van der Waals surface area contributed by atoms with Crippen LogP contribution < -0.4 is 0 Å². The molecule has 1 aromatic heterocycles. The molecule has 3 heterocycles. The largest absolute Gasteiger partial charge is 0.477 e. The van der Waals surface area contributed by atoms with Crippen molar-refractivity contribution in [3.05, 3.63) is 40.7 Å². The van der Waals surface area contributed by atoms with Crippen molar-refractivity contribution in [1.82, 2.24) is 9.88 Å². The summed E-state index contributed by atoms with van der Waals surface area (Å²) in [4.78, 5) is 29.9. The minimum atomic E-state index is -1.07. The Morgan fingerprint density at radius 1 is 1.45 bits per heavy atom. The molecular weight excluding hydrogens is 304 g/mol. The summed E-state index contributed by atoms with van der Waals surface area (Å²) in [5.74, 6) is -0.939. The van der Waals surface area contributed by atoms with Crippen LogP contribution >= 0.6 is 11.8 Å². The normalized spacial score (nSPS) is 23.5. The molecule has 6 nitrogen and oxygen atoms in total. The summed E-state index contributed by atoms with van der Waals surface area (Å²) in [6, 6.07) is 5.49. The fourth-order valence-electron chi connectivity index (χ4n) is 2.98. The number of fused-ring (bicyclic) bond motifs is 1. The predicted molar refractivity (Wildman–Crippen MR) is 80.6 cm³/mol. The van der Waals surface area contributed by atoms with Crippen LogP contribution in [0.2, 0.25) is 0 Å². The highest BCUT2D eigenvalue weighted by Crippen LogP contribution is 2.47. The molecule has 2 aliphatic rings. The number of aliphatic hydroxyl groups is 1. The first-order chi connectivity index (χ1) is 10.6. The third kappa shape index (κ3) is 2.50. The fourth-order valence-corrected chi connectivity index (χ4v) is 4.09. The number of carbonyl (C=O) groups is 2. The number of aliphatic carboxylic acids is 1. The maximum atomic E-state index is 12.1. The van der Waals surface area contributed by atoms with Crippen LogP contribution in [-0.4, -0.2) is 44.6 Å². The lowest BCUT2D eigenvalue weighted by Gasteiger charge is -2.43. The van der Waals surface area contributed by atoms with Gasteiger partial charge in [-0.2, -0.15) is 0 Å². The first kappa shape index (κ1) is 15.1. The zero-order valence-corrected chi connectivity index (χ0v) is 12.6. The summed E-state index contributed by atoms with van der Waals surface area (Å²) in [5, 5.41) is 18.4. The number of nitrogens with zero attached hydrogens (tertiary/aromatic N) is 2. The van der Waals surface area contributed by atoms with Gasteiger partial charge in [0.05, 0.1) is 17.7 Å². The number of carbonyl (C=O) groups excluding carboxylic acids is 1. The van der Waals surface area contributed by atoms with E-state index in [2.05, 4.69) is 4.98 Å². The second-order valence-electron chi connectivity index (χ2n) is 5.29. The summed E-state index contributed by atoms with van der Waals surface area (Å²) >= 11 is 1.42. The summed E-state index contributed by atoms with van der Waals surface area (Å²) < 4.78 is 0. The molecule has 2 N–H and O–H groups in total. The van der Waals surface area contributed by atoms with Gasteiger partial charge >= 0.3 is 5.97 Å². The van der Waals surface area contributed by atoms with Gasteiger partial charge in [0.15, 0.2) is 0 Å². The number of β-lactam (4-membered cyclic amide) rings is 1. The topological polar surface area (TPSA) is 90.7 Å². The van der Waals surface area contributed by atoms with Crippen molar-refractivity contribution < 1.29 is 19.8 Å². The van der Waals surface area contributed by atoms with E-state index >= 15 is 0 Å². The monoisotopic (exact) mass is 320 g/mol. The number of aromatic nitrogens is 1.